The summed E-state index contributed by atoms with van der Waals surface area (Å²) in [5.41, 5.74) is -2.35. The van der Waals surface area contributed by atoms with Gasteiger partial charge in [0.2, 0.25) is 5.78 Å². The number of aryl methyl sites for hydroxylation is 2. The summed E-state index contributed by atoms with van der Waals surface area (Å²) in [4.78, 5) is 64.1. The van der Waals surface area contributed by atoms with Gasteiger partial charge in [0, 0.05) is 5.56 Å². The van der Waals surface area contributed by atoms with Crippen molar-refractivity contribution in [2.45, 2.75) is 25.6 Å². The second-order valence-corrected chi connectivity index (χ2v) is 7.98. The van der Waals surface area contributed by atoms with E-state index in [1.54, 1.807) is 44.2 Å². The Hall–Kier alpha value is -4.79. The molecule has 0 spiro atoms. The summed E-state index contributed by atoms with van der Waals surface area (Å²) >= 11 is 0. The van der Waals surface area contributed by atoms with Crippen LogP contribution in [0.15, 0.2) is 78.9 Å². The standard InChI is InChI=1S/C27H22O9/c1-16-8-12-19(13-9-16)24(31)35-22(23(29)30)27(26(33)34,21(28)18-6-4-3-5-7-18)36-25(32)20-14-10-17(2)11-15-20/h3-15,22H,1-2H3,(H,29,30)(H,33,34). The Balaban J connectivity index is 2.14. The smallest absolute Gasteiger partial charge is 0.361 e. The van der Waals surface area contributed by atoms with E-state index in [1.807, 2.05) is 0 Å². The lowest BCUT2D eigenvalue weighted by atomic mass is 9.86. The topological polar surface area (TPSA) is 144 Å². The third kappa shape index (κ3) is 5.30. The number of hydrogen-bond acceptors (Lipinski definition) is 7. The summed E-state index contributed by atoms with van der Waals surface area (Å²) in [5.74, 6) is -8.03. The molecular formula is C27H22O9. The molecule has 0 amide bonds. The van der Waals surface area contributed by atoms with E-state index in [0.29, 0.717) is 0 Å². The van der Waals surface area contributed by atoms with Crippen molar-refractivity contribution in [2.75, 3.05) is 0 Å². The van der Waals surface area contributed by atoms with Crippen molar-refractivity contribution in [3.8, 4) is 0 Å². The number of carboxylic acids is 2. The van der Waals surface area contributed by atoms with Crippen molar-refractivity contribution in [2.24, 2.45) is 0 Å². The van der Waals surface area contributed by atoms with Crippen LogP contribution >= 0.6 is 0 Å². The third-order valence-electron chi connectivity index (χ3n) is 5.34. The first-order valence-electron chi connectivity index (χ1n) is 10.7. The van der Waals surface area contributed by atoms with Gasteiger partial charge in [0.15, 0.2) is 0 Å². The molecule has 3 aromatic rings. The number of Topliss-reactive ketones (excluding diaryl/α,β-unsaturated/α-hetero) is 1. The van der Waals surface area contributed by atoms with Crippen molar-refractivity contribution >= 4 is 29.7 Å². The second-order valence-electron chi connectivity index (χ2n) is 7.98. The molecule has 0 bridgehead atoms. The van der Waals surface area contributed by atoms with Crippen LogP contribution in [-0.2, 0) is 19.1 Å². The molecule has 2 N–H and O–H groups in total. The summed E-state index contributed by atoms with van der Waals surface area (Å²) in [6.45, 7) is 3.51. The van der Waals surface area contributed by atoms with Gasteiger partial charge in [0.1, 0.15) is 0 Å². The Bertz CT molecular complexity index is 1300. The predicted octanol–water partition coefficient (Wildman–Crippen LogP) is 3.48. The van der Waals surface area contributed by atoms with E-state index >= 15 is 0 Å². The van der Waals surface area contributed by atoms with Crippen molar-refractivity contribution in [3.63, 3.8) is 0 Å². The number of esters is 2. The van der Waals surface area contributed by atoms with Crippen LogP contribution in [-0.4, -0.2) is 51.6 Å². The molecule has 3 rings (SSSR count). The summed E-state index contributed by atoms with van der Waals surface area (Å²) in [6, 6.07) is 18.4. The zero-order chi connectivity index (χ0) is 26.5. The van der Waals surface area contributed by atoms with E-state index < -0.39 is 41.4 Å². The summed E-state index contributed by atoms with van der Waals surface area (Å²) in [6.07, 6.45) is -2.72. The fourth-order valence-electron chi connectivity index (χ4n) is 3.34. The van der Waals surface area contributed by atoms with Crippen LogP contribution in [0.3, 0.4) is 0 Å². The van der Waals surface area contributed by atoms with Gasteiger partial charge in [0.25, 0.3) is 6.10 Å². The number of benzene rings is 3. The maximum atomic E-state index is 13.5. The normalized spacial score (nSPS) is 13.1. The first-order valence-corrected chi connectivity index (χ1v) is 10.7. The molecule has 0 radical (unpaired) electrons. The fourth-order valence-corrected chi connectivity index (χ4v) is 3.34. The number of carbonyl (C=O) groups excluding carboxylic acids is 3. The molecule has 0 aromatic heterocycles. The van der Waals surface area contributed by atoms with Crippen molar-refractivity contribution in [1.29, 1.82) is 0 Å². The average Bonchev–Trinajstić information content (AvgIpc) is 2.86. The highest BCUT2D eigenvalue weighted by Gasteiger charge is 2.62. The molecule has 0 fully saturated rings. The van der Waals surface area contributed by atoms with Gasteiger partial charge in [-0.1, -0.05) is 65.7 Å². The molecule has 0 aliphatic heterocycles. The van der Waals surface area contributed by atoms with Gasteiger partial charge in [-0.3, -0.25) is 4.79 Å². The number of hydrogen-bond donors (Lipinski definition) is 2. The van der Waals surface area contributed by atoms with Crippen molar-refractivity contribution in [1.82, 2.24) is 0 Å². The first kappa shape index (κ1) is 25.8. The van der Waals surface area contributed by atoms with Gasteiger partial charge in [-0.25, -0.2) is 19.2 Å². The first-order chi connectivity index (χ1) is 17.1. The monoisotopic (exact) mass is 490 g/mol. The van der Waals surface area contributed by atoms with Gasteiger partial charge in [-0.05, 0) is 38.1 Å². The van der Waals surface area contributed by atoms with Crippen LogP contribution < -0.4 is 0 Å². The molecule has 0 heterocycles. The van der Waals surface area contributed by atoms with Gasteiger partial charge >= 0.3 is 29.5 Å². The molecule has 0 aliphatic rings. The highest BCUT2D eigenvalue weighted by Crippen LogP contribution is 2.29. The van der Waals surface area contributed by atoms with Crippen LogP contribution in [0.4, 0.5) is 0 Å². The molecule has 9 nitrogen and oxygen atoms in total. The molecular weight excluding hydrogens is 468 g/mol. The van der Waals surface area contributed by atoms with Crippen LogP contribution in [0.5, 0.6) is 0 Å². The minimum atomic E-state index is -3.44. The molecule has 36 heavy (non-hydrogen) atoms. The van der Waals surface area contributed by atoms with Gasteiger partial charge < -0.3 is 19.7 Å². The highest BCUT2D eigenvalue weighted by atomic mass is 16.6. The summed E-state index contributed by atoms with van der Waals surface area (Å²) < 4.78 is 10.2. The zero-order valence-corrected chi connectivity index (χ0v) is 19.3. The van der Waals surface area contributed by atoms with E-state index in [4.69, 9.17) is 9.47 Å². The van der Waals surface area contributed by atoms with Gasteiger partial charge in [-0.2, -0.15) is 0 Å². The molecule has 3 aromatic carbocycles. The Labute approximate surface area is 205 Å². The Kier molecular flexibility index (Phi) is 7.64. The maximum Gasteiger partial charge on any atom is 0.361 e. The second kappa shape index (κ2) is 10.6. The largest absolute Gasteiger partial charge is 0.478 e. The molecule has 9 heteroatoms. The number of carbonyl (C=O) groups is 5. The molecule has 0 saturated heterocycles. The minimum absolute atomic E-state index is 0.0943. The van der Waals surface area contributed by atoms with E-state index in [0.717, 1.165) is 11.1 Å². The summed E-state index contributed by atoms with van der Waals surface area (Å²) in [7, 11) is 0. The minimum Gasteiger partial charge on any atom is -0.478 e. The average molecular weight is 490 g/mol. The quantitative estimate of drug-likeness (QED) is 0.262. The number of carboxylic acid groups (broad SMARTS) is 2. The number of rotatable bonds is 9. The lowest BCUT2D eigenvalue weighted by Gasteiger charge is -2.32. The molecule has 2 atom stereocenters. The van der Waals surface area contributed by atoms with Gasteiger partial charge in [0.05, 0.1) is 11.1 Å². The van der Waals surface area contributed by atoms with Crippen molar-refractivity contribution < 1.29 is 43.7 Å². The summed E-state index contributed by atoms with van der Waals surface area (Å²) in [5, 5.41) is 20.1. The fraction of sp³-hybridized carbons (Fsp3) is 0.148. The molecule has 0 aliphatic carbocycles. The Morgan fingerprint density at radius 1 is 0.667 bits per heavy atom. The van der Waals surface area contributed by atoms with Crippen LogP contribution in [0.2, 0.25) is 0 Å². The van der Waals surface area contributed by atoms with Crippen molar-refractivity contribution in [3.05, 3.63) is 107 Å². The number of aliphatic carboxylic acids is 2. The number of ether oxygens (including phenoxy) is 2. The van der Waals surface area contributed by atoms with Gasteiger partial charge in [-0.15, -0.1) is 0 Å². The molecule has 2 unspecified atom stereocenters. The third-order valence-corrected chi connectivity index (χ3v) is 5.34. The predicted molar refractivity (Wildman–Crippen MR) is 126 cm³/mol. The highest BCUT2D eigenvalue weighted by molar-refractivity contribution is 6.19. The van der Waals surface area contributed by atoms with E-state index in [9.17, 15) is 34.2 Å². The zero-order valence-electron chi connectivity index (χ0n) is 19.3. The molecule has 0 saturated carbocycles. The van der Waals surface area contributed by atoms with Crippen LogP contribution in [0, 0.1) is 13.8 Å². The Morgan fingerprint density at radius 3 is 1.58 bits per heavy atom. The maximum absolute atomic E-state index is 13.5. The number of ketones is 1. The molecule has 184 valence electrons. The van der Waals surface area contributed by atoms with Crippen LogP contribution in [0.1, 0.15) is 42.2 Å². The lowest BCUT2D eigenvalue weighted by Crippen LogP contribution is -2.62. The lowest BCUT2D eigenvalue weighted by molar-refractivity contribution is -0.176. The van der Waals surface area contributed by atoms with Crippen LogP contribution in [0.25, 0.3) is 0 Å². The Morgan fingerprint density at radius 2 is 1.14 bits per heavy atom. The van der Waals surface area contributed by atoms with E-state index in [1.165, 1.54) is 48.5 Å². The van der Waals surface area contributed by atoms with E-state index in [2.05, 4.69) is 0 Å². The van der Waals surface area contributed by atoms with E-state index in [-0.39, 0.29) is 16.7 Å². The SMILES string of the molecule is Cc1ccc(C(=O)OC(C(=O)O)C(OC(=O)c2ccc(C)cc2)(C(=O)O)C(=O)c2ccccc2)cc1.